The van der Waals surface area contributed by atoms with Crippen molar-refractivity contribution in [3.05, 3.63) is 65.2 Å². The molecule has 26 heavy (non-hydrogen) atoms. The fraction of sp³-hybridized carbons (Fsp3) is 0.105. The highest BCUT2D eigenvalue weighted by Crippen LogP contribution is 2.26. The quantitative estimate of drug-likeness (QED) is 0.754. The van der Waals surface area contributed by atoms with Crippen molar-refractivity contribution in [2.24, 2.45) is 5.73 Å². The molecule has 0 spiro atoms. The van der Waals surface area contributed by atoms with Gasteiger partial charge in [0.25, 0.3) is 11.8 Å². The van der Waals surface area contributed by atoms with Crippen molar-refractivity contribution in [1.29, 1.82) is 0 Å². The number of hydrogen-bond donors (Lipinski definition) is 3. The number of nitrogens with one attached hydrogen (secondary N) is 2. The Kier molecular flexibility index (Phi) is 4.98. The first kappa shape index (κ1) is 17.2. The van der Waals surface area contributed by atoms with Crippen molar-refractivity contribution in [1.82, 2.24) is 5.32 Å². The molecule has 0 saturated carbocycles. The molecule has 3 rings (SSSR count). The minimum absolute atomic E-state index is 0.191. The number of amides is 3. The minimum Gasteiger partial charge on any atom is -0.488 e. The van der Waals surface area contributed by atoms with E-state index < -0.39 is 11.8 Å². The zero-order valence-corrected chi connectivity index (χ0v) is 13.8. The lowest BCUT2D eigenvalue weighted by molar-refractivity contribution is -0.117. The summed E-state index contributed by atoms with van der Waals surface area (Å²) in [7, 11) is 0. The zero-order valence-electron chi connectivity index (χ0n) is 13.8. The Morgan fingerprint density at radius 2 is 1.73 bits per heavy atom. The van der Waals surface area contributed by atoms with Gasteiger partial charge in [0.1, 0.15) is 12.4 Å². The SMILES string of the molecule is NC(=O)CNC(=O)c1ccc(NC(=O)C2=Cc3ccccc3OC2)cc1. The third kappa shape index (κ3) is 4.07. The molecule has 1 heterocycles. The molecule has 0 atom stereocenters. The van der Waals surface area contributed by atoms with E-state index in [9.17, 15) is 14.4 Å². The monoisotopic (exact) mass is 351 g/mol. The first-order valence-electron chi connectivity index (χ1n) is 7.93. The fourth-order valence-electron chi connectivity index (χ4n) is 2.43. The average molecular weight is 351 g/mol. The van der Waals surface area contributed by atoms with Gasteiger partial charge < -0.3 is 21.1 Å². The van der Waals surface area contributed by atoms with Gasteiger partial charge in [0.05, 0.1) is 12.1 Å². The molecule has 0 bridgehead atoms. The molecule has 0 saturated heterocycles. The van der Waals surface area contributed by atoms with Crippen molar-refractivity contribution >= 4 is 29.5 Å². The van der Waals surface area contributed by atoms with E-state index in [1.807, 2.05) is 24.3 Å². The number of primary amides is 1. The molecule has 7 heteroatoms. The Morgan fingerprint density at radius 3 is 2.46 bits per heavy atom. The first-order valence-corrected chi connectivity index (χ1v) is 7.93. The molecule has 0 fully saturated rings. The number of carbonyl (C=O) groups excluding carboxylic acids is 3. The Bertz CT molecular complexity index is 888. The first-order chi connectivity index (χ1) is 12.5. The van der Waals surface area contributed by atoms with Crippen molar-refractivity contribution in [2.75, 3.05) is 18.5 Å². The molecule has 3 amide bonds. The van der Waals surface area contributed by atoms with Crippen LogP contribution >= 0.6 is 0 Å². The fourth-order valence-corrected chi connectivity index (χ4v) is 2.43. The number of anilines is 1. The highest BCUT2D eigenvalue weighted by molar-refractivity contribution is 6.07. The third-order valence-electron chi connectivity index (χ3n) is 3.75. The number of hydrogen-bond acceptors (Lipinski definition) is 4. The summed E-state index contributed by atoms with van der Waals surface area (Å²) in [6.07, 6.45) is 1.79. The standard InChI is InChI=1S/C19H17N3O4/c20-17(23)10-21-18(24)12-5-7-15(8-6-12)22-19(25)14-9-13-3-1-2-4-16(13)26-11-14/h1-9H,10-11H2,(H2,20,23)(H,21,24)(H,22,25). The predicted molar refractivity (Wildman–Crippen MR) is 96.5 cm³/mol. The van der Waals surface area contributed by atoms with E-state index in [2.05, 4.69) is 10.6 Å². The number of para-hydroxylation sites is 1. The summed E-state index contributed by atoms with van der Waals surface area (Å²) >= 11 is 0. The van der Waals surface area contributed by atoms with Gasteiger partial charge in [-0.05, 0) is 36.4 Å². The third-order valence-corrected chi connectivity index (χ3v) is 3.75. The Balaban J connectivity index is 1.64. The lowest BCUT2D eigenvalue weighted by atomic mass is 10.1. The number of ether oxygens (including phenoxy) is 1. The van der Waals surface area contributed by atoms with Crippen molar-refractivity contribution < 1.29 is 19.1 Å². The van der Waals surface area contributed by atoms with Gasteiger partial charge in [-0.2, -0.15) is 0 Å². The zero-order chi connectivity index (χ0) is 18.5. The van der Waals surface area contributed by atoms with E-state index in [1.165, 1.54) is 0 Å². The number of fused-ring (bicyclic) bond motifs is 1. The van der Waals surface area contributed by atoms with E-state index in [4.69, 9.17) is 10.5 Å². The summed E-state index contributed by atoms with van der Waals surface area (Å²) in [4.78, 5) is 34.9. The Hall–Kier alpha value is -3.61. The van der Waals surface area contributed by atoms with Crippen LogP contribution in [0, 0.1) is 0 Å². The summed E-state index contributed by atoms with van der Waals surface area (Å²) in [5, 5.41) is 5.16. The molecular formula is C19H17N3O4. The van der Waals surface area contributed by atoms with Crippen LogP contribution < -0.4 is 21.1 Å². The molecule has 2 aromatic carbocycles. The Morgan fingerprint density at radius 1 is 1.00 bits per heavy atom. The second kappa shape index (κ2) is 7.52. The van der Waals surface area contributed by atoms with Crippen LogP contribution in [0.1, 0.15) is 15.9 Å². The summed E-state index contributed by atoms with van der Waals surface area (Å²) in [6, 6.07) is 13.8. The number of rotatable bonds is 5. The molecule has 132 valence electrons. The molecule has 2 aromatic rings. The molecule has 7 nitrogen and oxygen atoms in total. The second-order valence-corrected chi connectivity index (χ2v) is 5.68. The maximum absolute atomic E-state index is 12.4. The molecule has 0 aliphatic carbocycles. The summed E-state index contributed by atoms with van der Waals surface area (Å²) in [5.74, 6) is -0.561. The van der Waals surface area contributed by atoms with Gasteiger partial charge in [-0.1, -0.05) is 18.2 Å². The van der Waals surface area contributed by atoms with E-state index in [-0.39, 0.29) is 19.1 Å². The van der Waals surface area contributed by atoms with E-state index in [1.54, 1.807) is 30.3 Å². The van der Waals surface area contributed by atoms with Crippen molar-refractivity contribution in [2.45, 2.75) is 0 Å². The van der Waals surface area contributed by atoms with Crippen LogP contribution in [0.4, 0.5) is 5.69 Å². The predicted octanol–water partition coefficient (Wildman–Crippen LogP) is 1.32. The van der Waals surface area contributed by atoms with Gasteiger partial charge in [-0.25, -0.2) is 0 Å². The highest BCUT2D eigenvalue weighted by atomic mass is 16.5. The molecule has 0 aromatic heterocycles. The molecule has 0 unspecified atom stereocenters. The smallest absolute Gasteiger partial charge is 0.255 e. The average Bonchev–Trinajstić information content (AvgIpc) is 2.66. The van der Waals surface area contributed by atoms with Crippen LogP contribution in [-0.2, 0) is 9.59 Å². The van der Waals surface area contributed by atoms with Crippen LogP contribution in [0.15, 0.2) is 54.1 Å². The summed E-state index contributed by atoms with van der Waals surface area (Å²) in [5.41, 5.74) is 7.24. The summed E-state index contributed by atoms with van der Waals surface area (Å²) < 4.78 is 5.57. The number of carbonyl (C=O) groups is 3. The van der Waals surface area contributed by atoms with Gasteiger partial charge >= 0.3 is 0 Å². The largest absolute Gasteiger partial charge is 0.488 e. The van der Waals surface area contributed by atoms with Gasteiger partial charge in [-0.15, -0.1) is 0 Å². The number of nitrogens with two attached hydrogens (primary N) is 1. The highest BCUT2D eigenvalue weighted by Gasteiger charge is 2.17. The van der Waals surface area contributed by atoms with Gasteiger partial charge in [0.2, 0.25) is 5.91 Å². The second-order valence-electron chi connectivity index (χ2n) is 5.68. The van der Waals surface area contributed by atoms with Crippen molar-refractivity contribution in [3.63, 3.8) is 0 Å². The molecule has 1 aliphatic heterocycles. The number of benzene rings is 2. The topological polar surface area (TPSA) is 111 Å². The van der Waals surface area contributed by atoms with E-state index in [0.717, 1.165) is 11.3 Å². The van der Waals surface area contributed by atoms with Crippen LogP contribution in [-0.4, -0.2) is 30.9 Å². The minimum atomic E-state index is -0.619. The summed E-state index contributed by atoms with van der Waals surface area (Å²) in [6.45, 7) is -0.0383. The maximum atomic E-state index is 12.4. The molecule has 4 N–H and O–H groups in total. The molecular weight excluding hydrogens is 334 g/mol. The van der Waals surface area contributed by atoms with Crippen LogP contribution in [0.5, 0.6) is 5.75 Å². The van der Waals surface area contributed by atoms with Crippen LogP contribution in [0.2, 0.25) is 0 Å². The maximum Gasteiger partial charge on any atom is 0.255 e. The lowest BCUT2D eigenvalue weighted by Crippen LogP contribution is -2.33. The molecule has 0 radical (unpaired) electrons. The van der Waals surface area contributed by atoms with Crippen LogP contribution in [0.3, 0.4) is 0 Å². The normalized spacial score (nSPS) is 12.2. The van der Waals surface area contributed by atoms with Crippen LogP contribution in [0.25, 0.3) is 6.08 Å². The molecule has 1 aliphatic rings. The van der Waals surface area contributed by atoms with Gasteiger partial charge in [0.15, 0.2) is 0 Å². The van der Waals surface area contributed by atoms with E-state index in [0.29, 0.717) is 16.8 Å². The Labute approximate surface area is 149 Å². The van der Waals surface area contributed by atoms with Gasteiger partial charge in [0, 0.05) is 16.8 Å². The van der Waals surface area contributed by atoms with E-state index >= 15 is 0 Å². The van der Waals surface area contributed by atoms with Crippen molar-refractivity contribution in [3.8, 4) is 5.75 Å². The van der Waals surface area contributed by atoms with Gasteiger partial charge in [-0.3, -0.25) is 14.4 Å². The lowest BCUT2D eigenvalue weighted by Gasteiger charge is -2.17.